The highest BCUT2D eigenvalue weighted by Crippen LogP contribution is 2.20. The number of fused-ring (bicyclic) bond motifs is 1. The molecule has 0 radical (unpaired) electrons. The first-order valence-corrected chi connectivity index (χ1v) is 11.6. The molecule has 10 heteroatoms. The zero-order chi connectivity index (χ0) is 23.7. The van der Waals surface area contributed by atoms with E-state index in [0.717, 1.165) is 4.57 Å². The van der Waals surface area contributed by atoms with Crippen molar-refractivity contribution in [3.8, 4) is 5.69 Å². The van der Waals surface area contributed by atoms with Crippen molar-refractivity contribution in [2.75, 3.05) is 19.7 Å². The number of aryl methyl sites for hydroxylation is 1. The minimum atomic E-state index is -0.677. The third kappa shape index (κ3) is 4.35. The second kappa shape index (κ2) is 9.30. The van der Waals surface area contributed by atoms with E-state index >= 15 is 0 Å². The molecule has 8 nitrogen and oxygen atoms in total. The molecule has 0 spiro atoms. The zero-order valence-corrected chi connectivity index (χ0v) is 19.2. The smallest absolute Gasteiger partial charge is 0.336 e. The van der Waals surface area contributed by atoms with E-state index in [1.54, 1.807) is 30.2 Å². The maximum atomic E-state index is 13.8. The van der Waals surface area contributed by atoms with E-state index in [9.17, 15) is 23.6 Å². The van der Waals surface area contributed by atoms with E-state index in [0.29, 0.717) is 35.2 Å². The number of rotatable bonds is 5. The Kier molecular flexibility index (Phi) is 6.46. The minimum Gasteiger partial charge on any atom is -0.466 e. The lowest BCUT2D eigenvalue weighted by molar-refractivity contribution is -0.151. The van der Waals surface area contributed by atoms with Gasteiger partial charge in [-0.2, -0.15) is 0 Å². The maximum absolute atomic E-state index is 13.8. The van der Waals surface area contributed by atoms with Crippen LogP contribution in [0.2, 0.25) is 0 Å². The summed E-state index contributed by atoms with van der Waals surface area (Å²) in [6.07, 6.45) is 1.30. The first-order chi connectivity index (χ1) is 15.8. The summed E-state index contributed by atoms with van der Waals surface area (Å²) in [6, 6.07) is 5.63. The third-order valence-corrected chi connectivity index (χ3v) is 6.73. The summed E-state index contributed by atoms with van der Waals surface area (Å²) < 4.78 is 21.4. The van der Waals surface area contributed by atoms with Crippen molar-refractivity contribution in [1.82, 2.24) is 14.0 Å². The first kappa shape index (κ1) is 22.9. The van der Waals surface area contributed by atoms with Crippen molar-refractivity contribution in [3.05, 3.63) is 61.9 Å². The predicted molar refractivity (Wildman–Crippen MR) is 122 cm³/mol. The Morgan fingerprint density at radius 1 is 1.24 bits per heavy atom. The van der Waals surface area contributed by atoms with E-state index < -0.39 is 23.0 Å². The van der Waals surface area contributed by atoms with E-state index in [1.807, 2.05) is 0 Å². The molecule has 2 aromatic heterocycles. The van der Waals surface area contributed by atoms with Crippen LogP contribution in [0.15, 0.2) is 39.2 Å². The number of carbonyl (C=O) groups is 2. The van der Waals surface area contributed by atoms with Crippen LogP contribution in [-0.2, 0) is 20.9 Å². The summed E-state index contributed by atoms with van der Waals surface area (Å²) in [5.74, 6) is -1.48. The molecule has 0 saturated carbocycles. The normalized spacial score (nSPS) is 16.2. The highest BCUT2D eigenvalue weighted by molar-refractivity contribution is 7.17. The molecule has 1 fully saturated rings. The van der Waals surface area contributed by atoms with Crippen LogP contribution in [0.3, 0.4) is 0 Å². The molecule has 1 saturated heterocycles. The Bertz CT molecular complexity index is 1340. The molecule has 3 aromatic rings. The standard InChI is InChI=1S/C23H24FN3O5S/c1-3-32-22(30)15-5-4-9-25(12-15)19(28)13-26-18-8-10-33-20(18)21(29)27(23(26)31)16-6-7-17(24)14(2)11-16/h6-8,10-11,15H,3-5,9,12-13H2,1-2H3/t15-/m0/s1. The van der Waals surface area contributed by atoms with E-state index in [2.05, 4.69) is 0 Å². The second-order valence-electron chi connectivity index (χ2n) is 8.01. The van der Waals surface area contributed by atoms with E-state index in [4.69, 9.17) is 4.74 Å². The molecule has 0 unspecified atom stereocenters. The van der Waals surface area contributed by atoms with Gasteiger partial charge in [0.2, 0.25) is 5.91 Å². The average Bonchev–Trinajstić information content (AvgIpc) is 3.29. The van der Waals surface area contributed by atoms with Crippen molar-refractivity contribution < 1.29 is 18.7 Å². The van der Waals surface area contributed by atoms with Gasteiger partial charge in [0, 0.05) is 13.1 Å². The Balaban J connectivity index is 1.71. The number of likely N-dealkylation sites (tertiary alicyclic amines) is 1. The lowest BCUT2D eigenvalue weighted by atomic mass is 9.98. The van der Waals surface area contributed by atoms with Crippen LogP contribution >= 0.6 is 11.3 Å². The number of esters is 1. The minimum absolute atomic E-state index is 0.232. The van der Waals surface area contributed by atoms with Gasteiger partial charge in [0.1, 0.15) is 17.1 Å². The van der Waals surface area contributed by atoms with Gasteiger partial charge in [-0.15, -0.1) is 11.3 Å². The second-order valence-corrected chi connectivity index (χ2v) is 8.92. The molecule has 33 heavy (non-hydrogen) atoms. The van der Waals surface area contributed by atoms with Gasteiger partial charge in [-0.25, -0.2) is 13.8 Å². The van der Waals surface area contributed by atoms with Gasteiger partial charge in [-0.3, -0.25) is 19.0 Å². The highest BCUT2D eigenvalue weighted by atomic mass is 32.1. The zero-order valence-electron chi connectivity index (χ0n) is 18.4. The number of nitrogens with zero attached hydrogens (tertiary/aromatic N) is 3. The predicted octanol–water partition coefficient (Wildman–Crippen LogP) is 2.46. The third-order valence-electron chi connectivity index (χ3n) is 5.84. The van der Waals surface area contributed by atoms with Crippen LogP contribution in [-0.4, -0.2) is 45.6 Å². The Morgan fingerprint density at radius 2 is 2.03 bits per heavy atom. The maximum Gasteiger partial charge on any atom is 0.336 e. The molecular weight excluding hydrogens is 449 g/mol. The van der Waals surface area contributed by atoms with Gasteiger partial charge in [-0.05, 0) is 61.9 Å². The number of halogens is 1. The quantitative estimate of drug-likeness (QED) is 0.531. The summed E-state index contributed by atoms with van der Waals surface area (Å²) in [6.45, 7) is 4.00. The summed E-state index contributed by atoms with van der Waals surface area (Å²) in [4.78, 5) is 53.2. The Morgan fingerprint density at radius 3 is 2.76 bits per heavy atom. The summed E-state index contributed by atoms with van der Waals surface area (Å²) >= 11 is 1.17. The molecule has 1 aromatic carbocycles. The number of amides is 1. The number of hydrogen-bond donors (Lipinski definition) is 0. The molecular formula is C23H24FN3O5S. The highest BCUT2D eigenvalue weighted by Gasteiger charge is 2.30. The molecule has 3 heterocycles. The van der Waals surface area contributed by atoms with Crippen LogP contribution in [0.25, 0.3) is 15.9 Å². The summed E-state index contributed by atoms with van der Waals surface area (Å²) in [7, 11) is 0. The van der Waals surface area contributed by atoms with Crippen molar-refractivity contribution in [1.29, 1.82) is 0 Å². The fourth-order valence-corrected chi connectivity index (χ4v) is 4.95. The topological polar surface area (TPSA) is 90.6 Å². The van der Waals surface area contributed by atoms with Crippen molar-refractivity contribution in [2.24, 2.45) is 5.92 Å². The molecule has 4 rings (SSSR count). The monoisotopic (exact) mass is 473 g/mol. The van der Waals surface area contributed by atoms with Crippen molar-refractivity contribution >= 4 is 33.4 Å². The Hall–Kier alpha value is -3.27. The van der Waals surface area contributed by atoms with E-state index in [-0.39, 0.29) is 37.3 Å². The number of hydrogen-bond acceptors (Lipinski definition) is 6. The summed E-state index contributed by atoms with van der Waals surface area (Å²) in [5.41, 5.74) is -0.284. The van der Waals surface area contributed by atoms with Crippen LogP contribution in [0.5, 0.6) is 0 Å². The number of ether oxygens (including phenoxy) is 1. The largest absolute Gasteiger partial charge is 0.466 e. The average molecular weight is 474 g/mol. The van der Waals surface area contributed by atoms with Crippen molar-refractivity contribution in [2.45, 2.75) is 33.2 Å². The molecule has 1 amide bonds. The van der Waals surface area contributed by atoms with E-state index in [1.165, 1.54) is 34.1 Å². The van der Waals surface area contributed by atoms with Gasteiger partial charge >= 0.3 is 11.7 Å². The van der Waals surface area contributed by atoms with Crippen LogP contribution in [0, 0.1) is 18.7 Å². The van der Waals surface area contributed by atoms with Crippen LogP contribution in [0.1, 0.15) is 25.3 Å². The summed E-state index contributed by atoms with van der Waals surface area (Å²) in [5, 5.41) is 1.68. The van der Waals surface area contributed by atoms with Gasteiger partial charge in [0.05, 0.1) is 23.7 Å². The lowest BCUT2D eigenvalue weighted by Gasteiger charge is -2.31. The van der Waals surface area contributed by atoms with Gasteiger partial charge in [-0.1, -0.05) is 0 Å². The number of benzene rings is 1. The number of piperidine rings is 1. The molecule has 1 atom stereocenters. The van der Waals surface area contributed by atoms with Gasteiger partial charge < -0.3 is 9.64 Å². The molecule has 0 bridgehead atoms. The van der Waals surface area contributed by atoms with Crippen LogP contribution in [0.4, 0.5) is 4.39 Å². The molecule has 0 aliphatic carbocycles. The van der Waals surface area contributed by atoms with Gasteiger partial charge in [0.15, 0.2) is 0 Å². The fourth-order valence-electron chi connectivity index (χ4n) is 4.13. The molecule has 174 valence electrons. The molecule has 1 aliphatic heterocycles. The fraction of sp³-hybridized carbons (Fsp3) is 0.391. The molecule has 0 N–H and O–H groups in total. The number of aromatic nitrogens is 2. The van der Waals surface area contributed by atoms with Gasteiger partial charge in [0.25, 0.3) is 5.56 Å². The van der Waals surface area contributed by atoms with Crippen molar-refractivity contribution in [3.63, 3.8) is 0 Å². The lowest BCUT2D eigenvalue weighted by Crippen LogP contribution is -2.46. The first-order valence-electron chi connectivity index (χ1n) is 10.8. The number of carbonyl (C=O) groups excluding carboxylic acids is 2. The molecule has 1 aliphatic rings. The van der Waals surface area contributed by atoms with Crippen LogP contribution < -0.4 is 11.2 Å². The number of thiophene rings is 1. The Labute approximate surface area is 192 Å². The SMILES string of the molecule is CCOC(=O)[C@H]1CCCN(C(=O)Cn2c(=O)n(-c3ccc(F)c(C)c3)c(=O)c3sccc32)C1.